The van der Waals surface area contributed by atoms with E-state index in [1.165, 1.54) is 5.56 Å². The number of aryl methyl sites for hydroxylation is 3. The number of hydrogen-bond acceptors (Lipinski definition) is 4. The van der Waals surface area contributed by atoms with Gasteiger partial charge in [0.1, 0.15) is 5.76 Å². The third kappa shape index (κ3) is 4.64. The van der Waals surface area contributed by atoms with Crippen molar-refractivity contribution in [2.45, 2.75) is 46.6 Å². The van der Waals surface area contributed by atoms with Crippen molar-refractivity contribution in [3.8, 4) is 0 Å². The summed E-state index contributed by atoms with van der Waals surface area (Å²) < 4.78 is 5.94. The van der Waals surface area contributed by atoms with Gasteiger partial charge in [-0.25, -0.2) is 5.43 Å². The van der Waals surface area contributed by atoms with Gasteiger partial charge in [0.05, 0.1) is 5.71 Å². The lowest BCUT2D eigenvalue weighted by atomic mass is 9.93. The third-order valence-electron chi connectivity index (χ3n) is 5.71. The van der Waals surface area contributed by atoms with Gasteiger partial charge in [0.25, 0.3) is 11.8 Å². The highest BCUT2D eigenvalue weighted by Gasteiger charge is 2.28. The molecule has 0 fully saturated rings. The van der Waals surface area contributed by atoms with Crippen LogP contribution < -0.4 is 10.7 Å². The van der Waals surface area contributed by atoms with Gasteiger partial charge in [-0.2, -0.15) is 5.10 Å². The van der Waals surface area contributed by atoms with E-state index in [2.05, 4.69) is 15.8 Å². The summed E-state index contributed by atoms with van der Waals surface area (Å²) in [7, 11) is 0. The number of nitrogens with one attached hydrogen (secondary N) is 2. The van der Waals surface area contributed by atoms with Crippen LogP contribution in [0.25, 0.3) is 0 Å². The molecular weight excluding hydrogens is 402 g/mol. The number of rotatable bonds is 5. The largest absolute Gasteiger partial charge is 0.455 e. The first-order chi connectivity index (χ1) is 15.4. The van der Waals surface area contributed by atoms with Gasteiger partial charge < -0.3 is 9.73 Å². The van der Waals surface area contributed by atoms with Crippen molar-refractivity contribution in [1.82, 2.24) is 10.7 Å². The lowest BCUT2D eigenvalue weighted by Crippen LogP contribution is -2.23. The van der Waals surface area contributed by atoms with Gasteiger partial charge in [-0.15, -0.1) is 0 Å². The van der Waals surface area contributed by atoms with E-state index >= 15 is 0 Å². The molecule has 0 aliphatic heterocycles. The number of fused-ring (bicyclic) bond motifs is 1. The van der Waals surface area contributed by atoms with Crippen LogP contribution in [0.5, 0.6) is 0 Å². The zero-order valence-electron chi connectivity index (χ0n) is 18.6. The smallest absolute Gasteiger partial charge is 0.287 e. The molecule has 3 aromatic rings. The number of amides is 2. The van der Waals surface area contributed by atoms with E-state index < -0.39 is 0 Å². The van der Waals surface area contributed by atoms with Crippen molar-refractivity contribution < 1.29 is 14.0 Å². The first-order valence-corrected chi connectivity index (χ1v) is 10.8. The van der Waals surface area contributed by atoms with Crippen LogP contribution in [-0.2, 0) is 13.0 Å². The Bertz CT molecular complexity index is 1170. The molecule has 1 heterocycles. The van der Waals surface area contributed by atoms with Gasteiger partial charge in [-0.1, -0.05) is 47.5 Å². The van der Waals surface area contributed by atoms with Crippen molar-refractivity contribution in [3.63, 3.8) is 0 Å². The zero-order chi connectivity index (χ0) is 22.7. The molecular formula is C26H27N3O3. The molecule has 1 aliphatic rings. The van der Waals surface area contributed by atoms with Crippen LogP contribution in [-0.4, -0.2) is 17.5 Å². The summed E-state index contributed by atoms with van der Waals surface area (Å²) in [6.07, 6.45) is 2.31. The van der Waals surface area contributed by atoms with Crippen molar-refractivity contribution in [2.24, 2.45) is 5.10 Å². The van der Waals surface area contributed by atoms with Gasteiger partial charge in [0, 0.05) is 29.7 Å². The average molecular weight is 430 g/mol. The van der Waals surface area contributed by atoms with Crippen LogP contribution in [0.15, 0.2) is 58.0 Å². The normalized spacial score (nSPS) is 14.2. The van der Waals surface area contributed by atoms with Crippen LogP contribution in [0.1, 0.15) is 67.3 Å². The Hall–Kier alpha value is -3.67. The fourth-order valence-corrected chi connectivity index (χ4v) is 3.85. The number of carbonyl (C=O) groups is 2. The number of hydrogen-bond donors (Lipinski definition) is 2. The molecule has 2 amide bonds. The summed E-state index contributed by atoms with van der Waals surface area (Å²) in [6, 6.07) is 15.4. The summed E-state index contributed by atoms with van der Waals surface area (Å²) in [5.74, 6) is 0.543. The molecule has 1 aliphatic carbocycles. The van der Waals surface area contributed by atoms with Crippen LogP contribution in [0.4, 0.5) is 0 Å². The van der Waals surface area contributed by atoms with E-state index in [9.17, 15) is 9.59 Å². The first-order valence-electron chi connectivity index (χ1n) is 10.8. The summed E-state index contributed by atoms with van der Waals surface area (Å²) in [5, 5.41) is 7.32. The Morgan fingerprint density at radius 1 is 0.906 bits per heavy atom. The average Bonchev–Trinajstić information content (AvgIpc) is 3.14. The molecule has 2 aromatic carbocycles. The molecule has 6 nitrogen and oxygen atoms in total. The van der Waals surface area contributed by atoms with Gasteiger partial charge in [-0.3, -0.25) is 9.59 Å². The minimum absolute atomic E-state index is 0.250. The maximum absolute atomic E-state index is 12.8. The molecule has 0 spiro atoms. The van der Waals surface area contributed by atoms with Gasteiger partial charge in [0.2, 0.25) is 0 Å². The van der Waals surface area contributed by atoms with E-state index in [4.69, 9.17) is 4.42 Å². The quantitative estimate of drug-likeness (QED) is 0.581. The van der Waals surface area contributed by atoms with E-state index in [1.54, 1.807) is 12.1 Å². The van der Waals surface area contributed by atoms with Crippen LogP contribution in [0.2, 0.25) is 0 Å². The number of nitrogens with zero attached hydrogens (tertiary/aromatic N) is 1. The van der Waals surface area contributed by atoms with E-state index in [1.807, 2.05) is 57.2 Å². The molecule has 1 aromatic heterocycles. The van der Waals surface area contributed by atoms with Gasteiger partial charge in [0.15, 0.2) is 5.76 Å². The standard InChI is InChI=1S/C26H27N3O3/c1-16-7-11-19(12-8-16)15-27-26(31)24-18(3)23-21(5-4-6-22(23)32-24)28-29-25(30)20-13-9-17(2)10-14-20/h7-14H,4-6,15H2,1-3H3,(H,27,31)(H,29,30)/b28-21+. The molecule has 4 rings (SSSR count). The maximum atomic E-state index is 12.8. The van der Waals surface area contributed by atoms with E-state index in [-0.39, 0.29) is 11.8 Å². The Labute approximate surface area is 187 Å². The summed E-state index contributed by atoms with van der Waals surface area (Å²) in [5.41, 5.74) is 8.83. The molecule has 0 unspecified atom stereocenters. The predicted octanol–water partition coefficient (Wildman–Crippen LogP) is 4.61. The SMILES string of the molecule is Cc1ccc(CNC(=O)c2oc3c(c2C)/C(=N/NC(=O)c2ccc(C)cc2)CCC3)cc1. The first kappa shape index (κ1) is 21.6. The molecule has 0 saturated carbocycles. The minimum atomic E-state index is -0.262. The third-order valence-corrected chi connectivity index (χ3v) is 5.71. The lowest BCUT2D eigenvalue weighted by Gasteiger charge is -2.13. The van der Waals surface area contributed by atoms with Crippen molar-refractivity contribution >= 4 is 17.5 Å². The fraction of sp³-hybridized carbons (Fsp3) is 0.269. The Balaban J connectivity index is 1.49. The monoisotopic (exact) mass is 429 g/mol. The highest BCUT2D eigenvalue weighted by Crippen LogP contribution is 2.30. The van der Waals surface area contributed by atoms with E-state index in [0.717, 1.165) is 46.6 Å². The second-order valence-corrected chi connectivity index (χ2v) is 8.24. The van der Waals surface area contributed by atoms with E-state index in [0.29, 0.717) is 24.3 Å². The Morgan fingerprint density at radius 2 is 1.56 bits per heavy atom. The topological polar surface area (TPSA) is 83.7 Å². The fourth-order valence-electron chi connectivity index (χ4n) is 3.85. The van der Waals surface area contributed by atoms with Gasteiger partial charge in [-0.05, 0) is 51.3 Å². The summed E-state index contributed by atoms with van der Waals surface area (Å²) >= 11 is 0. The highest BCUT2D eigenvalue weighted by atomic mass is 16.4. The summed E-state index contributed by atoms with van der Waals surface area (Å²) in [4.78, 5) is 25.2. The second kappa shape index (κ2) is 9.22. The van der Waals surface area contributed by atoms with Crippen LogP contribution in [0, 0.1) is 20.8 Å². The van der Waals surface area contributed by atoms with Crippen molar-refractivity contribution in [2.75, 3.05) is 0 Å². The summed E-state index contributed by atoms with van der Waals surface area (Å²) in [6.45, 7) is 6.30. The Morgan fingerprint density at radius 3 is 2.25 bits per heavy atom. The molecule has 0 bridgehead atoms. The molecule has 0 radical (unpaired) electrons. The number of carbonyl (C=O) groups excluding carboxylic acids is 2. The highest BCUT2D eigenvalue weighted by molar-refractivity contribution is 6.07. The van der Waals surface area contributed by atoms with Crippen LogP contribution in [0.3, 0.4) is 0 Å². The number of furan rings is 1. The number of hydrazone groups is 1. The van der Waals surface area contributed by atoms with Crippen molar-refractivity contribution in [3.05, 3.63) is 93.4 Å². The molecule has 0 saturated heterocycles. The second-order valence-electron chi connectivity index (χ2n) is 8.24. The van der Waals surface area contributed by atoms with Gasteiger partial charge >= 0.3 is 0 Å². The van der Waals surface area contributed by atoms with Crippen molar-refractivity contribution in [1.29, 1.82) is 0 Å². The maximum Gasteiger partial charge on any atom is 0.287 e. The predicted molar refractivity (Wildman–Crippen MR) is 124 cm³/mol. The molecule has 0 atom stereocenters. The molecule has 2 N–H and O–H groups in total. The molecule has 164 valence electrons. The molecule has 32 heavy (non-hydrogen) atoms. The number of benzene rings is 2. The minimum Gasteiger partial charge on any atom is -0.455 e. The lowest BCUT2D eigenvalue weighted by molar-refractivity contribution is 0.0919. The van der Waals surface area contributed by atoms with Crippen LogP contribution >= 0.6 is 0 Å². The zero-order valence-corrected chi connectivity index (χ0v) is 18.6. The molecule has 6 heteroatoms. The Kier molecular flexibility index (Phi) is 6.21.